The summed E-state index contributed by atoms with van der Waals surface area (Å²) in [5, 5.41) is 9.41. The Morgan fingerprint density at radius 2 is 2.11 bits per heavy atom. The van der Waals surface area contributed by atoms with Gasteiger partial charge in [-0.3, -0.25) is 4.98 Å². The fourth-order valence-electron chi connectivity index (χ4n) is 1.81. The van der Waals surface area contributed by atoms with Crippen LogP contribution in [0.5, 0.6) is 11.5 Å². The maximum absolute atomic E-state index is 9.41. The summed E-state index contributed by atoms with van der Waals surface area (Å²) in [7, 11) is 1.62. The third kappa shape index (κ3) is 1.75. The lowest BCUT2D eigenvalue weighted by molar-refractivity contribution is 0.415. The van der Waals surface area contributed by atoms with E-state index in [2.05, 4.69) is 15.0 Å². The molecule has 0 aliphatic rings. The Labute approximate surface area is 103 Å². The van der Waals surface area contributed by atoms with E-state index in [1.807, 2.05) is 18.2 Å². The molecule has 0 unspecified atom stereocenters. The van der Waals surface area contributed by atoms with E-state index in [9.17, 15) is 5.11 Å². The van der Waals surface area contributed by atoms with Crippen molar-refractivity contribution in [1.82, 2.24) is 15.0 Å². The molecular weight excluding hydrogens is 230 g/mol. The van der Waals surface area contributed by atoms with E-state index in [0.717, 1.165) is 22.3 Å². The number of ether oxygens (including phenoxy) is 1. The first kappa shape index (κ1) is 10.6. The maximum atomic E-state index is 9.41. The third-order valence-corrected chi connectivity index (χ3v) is 2.69. The van der Waals surface area contributed by atoms with Gasteiger partial charge in [0.05, 0.1) is 24.3 Å². The van der Waals surface area contributed by atoms with Gasteiger partial charge < -0.3 is 14.8 Å². The number of benzene rings is 1. The number of pyridine rings is 1. The van der Waals surface area contributed by atoms with Gasteiger partial charge in [0.1, 0.15) is 17.3 Å². The summed E-state index contributed by atoms with van der Waals surface area (Å²) >= 11 is 0. The van der Waals surface area contributed by atoms with E-state index in [0.29, 0.717) is 5.82 Å². The van der Waals surface area contributed by atoms with Gasteiger partial charge in [0, 0.05) is 17.8 Å². The molecule has 0 saturated heterocycles. The first-order valence-electron chi connectivity index (χ1n) is 5.44. The molecule has 3 rings (SSSR count). The molecule has 0 spiro atoms. The van der Waals surface area contributed by atoms with E-state index < -0.39 is 0 Å². The van der Waals surface area contributed by atoms with Crippen LogP contribution >= 0.6 is 0 Å². The molecule has 0 atom stereocenters. The molecule has 3 aromatic rings. The van der Waals surface area contributed by atoms with Gasteiger partial charge in [-0.05, 0) is 18.2 Å². The Morgan fingerprint density at radius 3 is 2.89 bits per heavy atom. The highest BCUT2D eigenvalue weighted by molar-refractivity contribution is 5.80. The number of hydrogen-bond donors (Lipinski definition) is 2. The van der Waals surface area contributed by atoms with Gasteiger partial charge in [0.2, 0.25) is 0 Å². The minimum absolute atomic E-state index is 0.116. The molecule has 0 aliphatic heterocycles. The smallest absolute Gasteiger partial charge is 0.140 e. The van der Waals surface area contributed by atoms with Crippen LogP contribution in [0.1, 0.15) is 0 Å². The number of hydrogen-bond acceptors (Lipinski definition) is 4. The van der Waals surface area contributed by atoms with Crippen LogP contribution in [-0.4, -0.2) is 27.2 Å². The van der Waals surface area contributed by atoms with Gasteiger partial charge in [-0.2, -0.15) is 0 Å². The SMILES string of the molecule is COc1ccc2nc(-c3cncc(O)c3)[nH]c2c1. The number of methoxy groups -OCH3 is 1. The molecule has 90 valence electrons. The van der Waals surface area contributed by atoms with Crippen LogP contribution in [0.4, 0.5) is 0 Å². The number of H-pyrrole nitrogens is 1. The van der Waals surface area contributed by atoms with Crippen LogP contribution in [0.25, 0.3) is 22.4 Å². The number of nitrogens with zero attached hydrogens (tertiary/aromatic N) is 2. The fraction of sp³-hybridized carbons (Fsp3) is 0.0769. The number of aromatic nitrogens is 3. The van der Waals surface area contributed by atoms with Crippen molar-refractivity contribution in [3.63, 3.8) is 0 Å². The average molecular weight is 241 g/mol. The highest BCUT2D eigenvalue weighted by atomic mass is 16.5. The topological polar surface area (TPSA) is 71.0 Å². The molecule has 2 N–H and O–H groups in total. The lowest BCUT2D eigenvalue weighted by Gasteiger charge is -1.97. The summed E-state index contributed by atoms with van der Waals surface area (Å²) in [5.74, 6) is 1.55. The summed E-state index contributed by atoms with van der Waals surface area (Å²) in [6.07, 6.45) is 3.03. The summed E-state index contributed by atoms with van der Waals surface area (Å²) < 4.78 is 5.16. The molecule has 2 heterocycles. The molecule has 0 bridgehead atoms. The Bertz CT molecular complexity index is 706. The van der Waals surface area contributed by atoms with Crippen molar-refractivity contribution < 1.29 is 9.84 Å². The zero-order chi connectivity index (χ0) is 12.5. The molecule has 0 radical (unpaired) electrons. The Hall–Kier alpha value is -2.56. The van der Waals surface area contributed by atoms with E-state index in [-0.39, 0.29) is 5.75 Å². The fourth-order valence-corrected chi connectivity index (χ4v) is 1.81. The van der Waals surface area contributed by atoms with Crippen molar-refractivity contribution in [3.05, 3.63) is 36.7 Å². The Morgan fingerprint density at radius 1 is 1.22 bits per heavy atom. The first-order chi connectivity index (χ1) is 8.76. The zero-order valence-electron chi connectivity index (χ0n) is 9.71. The largest absolute Gasteiger partial charge is 0.506 e. The van der Waals surface area contributed by atoms with Crippen molar-refractivity contribution in [2.45, 2.75) is 0 Å². The standard InChI is InChI=1S/C13H11N3O2/c1-18-10-2-3-11-12(5-10)16-13(15-11)8-4-9(17)7-14-6-8/h2-7,17H,1H3,(H,15,16). The van der Waals surface area contributed by atoms with E-state index in [1.54, 1.807) is 19.4 Å². The molecule has 1 aromatic carbocycles. The average Bonchev–Trinajstić information content (AvgIpc) is 2.81. The number of imidazole rings is 1. The lowest BCUT2D eigenvalue weighted by Crippen LogP contribution is -1.81. The zero-order valence-corrected chi connectivity index (χ0v) is 9.71. The number of nitrogens with one attached hydrogen (secondary N) is 1. The van der Waals surface area contributed by atoms with Gasteiger partial charge in [-0.15, -0.1) is 0 Å². The molecule has 0 amide bonds. The van der Waals surface area contributed by atoms with Gasteiger partial charge in [0.15, 0.2) is 0 Å². The summed E-state index contributed by atoms with van der Waals surface area (Å²) in [4.78, 5) is 11.5. The molecule has 5 heteroatoms. The van der Waals surface area contributed by atoms with Crippen molar-refractivity contribution in [2.24, 2.45) is 0 Å². The van der Waals surface area contributed by atoms with Crippen LogP contribution in [0.2, 0.25) is 0 Å². The molecular formula is C13H11N3O2. The van der Waals surface area contributed by atoms with E-state index in [1.165, 1.54) is 6.20 Å². The van der Waals surface area contributed by atoms with Gasteiger partial charge >= 0.3 is 0 Å². The minimum Gasteiger partial charge on any atom is -0.506 e. The second-order valence-corrected chi connectivity index (χ2v) is 3.90. The summed E-state index contributed by atoms with van der Waals surface area (Å²) in [6, 6.07) is 7.22. The third-order valence-electron chi connectivity index (χ3n) is 2.69. The van der Waals surface area contributed by atoms with Crippen molar-refractivity contribution >= 4 is 11.0 Å². The van der Waals surface area contributed by atoms with Gasteiger partial charge in [-0.1, -0.05) is 0 Å². The predicted octanol–water partition coefficient (Wildman–Crippen LogP) is 2.34. The maximum Gasteiger partial charge on any atom is 0.140 e. The number of fused-ring (bicyclic) bond motifs is 1. The van der Waals surface area contributed by atoms with Crippen LogP contribution < -0.4 is 4.74 Å². The lowest BCUT2D eigenvalue weighted by atomic mass is 10.2. The number of rotatable bonds is 2. The Balaban J connectivity index is 2.13. The van der Waals surface area contributed by atoms with Crippen molar-refractivity contribution in [3.8, 4) is 22.9 Å². The highest BCUT2D eigenvalue weighted by Crippen LogP contribution is 2.24. The molecule has 0 aliphatic carbocycles. The highest BCUT2D eigenvalue weighted by Gasteiger charge is 2.07. The van der Waals surface area contributed by atoms with Crippen LogP contribution in [0.15, 0.2) is 36.7 Å². The van der Waals surface area contributed by atoms with Gasteiger partial charge in [0.25, 0.3) is 0 Å². The normalized spacial score (nSPS) is 10.7. The molecule has 5 nitrogen and oxygen atoms in total. The number of aromatic amines is 1. The first-order valence-corrected chi connectivity index (χ1v) is 5.44. The Kier molecular flexibility index (Phi) is 2.37. The quantitative estimate of drug-likeness (QED) is 0.722. The monoisotopic (exact) mass is 241 g/mol. The minimum atomic E-state index is 0.116. The van der Waals surface area contributed by atoms with Gasteiger partial charge in [-0.25, -0.2) is 4.98 Å². The van der Waals surface area contributed by atoms with Crippen molar-refractivity contribution in [1.29, 1.82) is 0 Å². The molecule has 0 saturated carbocycles. The van der Waals surface area contributed by atoms with Crippen molar-refractivity contribution in [2.75, 3.05) is 7.11 Å². The summed E-state index contributed by atoms with van der Waals surface area (Å²) in [5.41, 5.74) is 2.46. The van der Waals surface area contributed by atoms with E-state index in [4.69, 9.17) is 4.74 Å². The van der Waals surface area contributed by atoms with Crippen LogP contribution in [0.3, 0.4) is 0 Å². The molecule has 0 fully saturated rings. The second kappa shape index (κ2) is 4.03. The molecule has 18 heavy (non-hydrogen) atoms. The van der Waals surface area contributed by atoms with Crippen LogP contribution in [-0.2, 0) is 0 Å². The second-order valence-electron chi connectivity index (χ2n) is 3.90. The van der Waals surface area contributed by atoms with Crippen LogP contribution in [0, 0.1) is 0 Å². The summed E-state index contributed by atoms with van der Waals surface area (Å²) in [6.45, 7) is 0. The predicted molar refractivity (Wildman–Crippen MR) is 67.5 cm³/mol. The molecule has 2 aromatic heterocycles. The van der Waals surface area contributed by atoms with E-state index >= 15 is 0 Å². The number of aromatic hydroxyl groups is 1.